The number of nitrogens with zero attached hydrogens (tertiary/aromatic N) is 2. The minimum absolute atomic E-state index is 0.135. The van der Waals surface area contributed by atoms with Crippen LogP contribution in [0, 0.1) is 5.82 Å². The Hall–Kier alpha value is -1.46. The standard InChI is InChI=1S/C16H22FN3O/c17-15-4-2-1-3-13(15)11-19-7-9-20(10-8-19)12-16(21)18-14-5-6-14/h1-4,14H,5-12H2,(H,18,21). The summed E-state index contributed by atoms with van der Waals surface area (Å²) in [7, 11) is 0. The molecule has 1 N–H and O–H groups in total. The van der Waals surface area contributed by atoms with E-state index in [2.05, 4.69) is 15.1 Å². The average molecular weight is 291 g/mol. The highest BCUT2D eigenvalue weighted by molar-refractivity contribution is 5.78. The lowest BCUT2D eigenvalue weighted by atomic mass is 10.2. The molecular weight excluding hydrogens is 269 g/mol. The molecule has 21 heavy (non-hydrogen) atoms. The van der Waals surface area contributed by atoms with Crippen molar-refractivity contribution in [3.63, 3.8) is 0 Å². The summed E-state index contributed by atoms with van der Waals surface area (Å²) in [4.78, 5) is 16.2. The molecule has 0 radical (unpaired) electrons. The number of piperazine rings is 1. The fourth-order valence-electron chi connectivity index (χ4n) is 2.68. The number of carbonyl (C=O) groups excluding carboxylic acids is 1. The fourth-order valence-corrected chi connectivity index (χ4v) is 2.68. The van der Waals surface area contributed by atoms with E-state index in [1.807, 2.05) is 12.1 Å². The molecule has 1 heterocycles. The van der Waals surface area contributed by atoms with Crippen molar-refractivity contribution in [1.82, 2.24) is 15.1 Å². The predicted molar refractivity (Wildman–Crippen MR) is 79.3 cm³/mol. The van der Waals surface area contributed by atoms with Gasteiger partial charge in [-0.25, -0.2) is 4.39 Å². The van der Waals surface area contributed by atoms with Gasteiger partial charge in [0.05, 0.1) is 6.54 Å². The van der Waals surface area contributed by atoms with Gasteiger partial charge in [0.1, 0.15) is 5.82 Å². The fraction of sp³-hybridized carbons (Fsp3) is 0.562. The highest BCUT2D eigenvalue weighted by Gasteiger charge is 2.25. The Morgan fingerprint density at radius 3 is 2.48 bits per heavy atom. The van der Waals surface area contributed by atoms with Crippen molar-refractivity contribution in [3.8, 4) is 0 Å². The molecule has 1 aromatic rings. The molecule has 1 amide bonds. The highest BCUT2D eigenvalue weighted by Crippen LogP contribution is 2.18. The first-order chi connectivity index (χ1) is 10.2. The van der Waals surface area contributed by atoms with Gasteiger partial charge in [-0.05, 0) is 18.9 Å². The Morgan fingerprint density at radius 2 is 1.81 bits per heavy atom. The minimum atomic E-state index is -0.135. The number of carbonyl (C=O) groups is 1. The number of halogens is 1. The summed E-state index contributed by atoms with van der Waals surface area (Å²) in [6.45, 7) is 4.63. The lowest BCUT2D eigenvalue weighted by molar-refractivity contribution is -0.122. The number of hydrogen-bond acceptors (Lipinski definition) is 3. The van der Waals surface area contributed by atoms with Gasteiger partial charge in [0.25, 0.3) is 0 Å². The van der Waals surface area contributed by atoms with Crippen LogP contribution in [0.4, 0.5) is 4.39 Å². The zero-order chi connectivity index (χ0) is 14.7. The van der Waals surface area contributed by atoms with E-state index < -0.39 is 0 Å². The van der Waals surface area contributed by atoms with Crippen molar-refractivity contribution in [3.05, 3.63) is 35.6 Å². The summed E-state index contributed by atoms with van der Waals surface area (Å²) in [5.74, 6) is 0.00351. The van der Waals surface area contributed by atoms with Gasteiger partial charge in [0, 0.05) is 44.3 Å². The third kappa shape index (κ3) is 4.25. The lowest BCUT2D eigenvalue weighted by Crippen LogP contribution is -2.49. The monoisotopic (exact) mass is 291 g/mol. The van der Waals surface area contributed by atoms with Crippen LogP contribution in [0.5, 0.6) is 0 Å². The van der Waals surface area contributed by atoms with Gasteiger partial charge < -0.3 is 5.32 Å². The van der Waals surface area contributed by atoms with Crippen molar-refractivity contribution in [2.75, 3.05) is 32.7 Å². The molecular formula is C16H22FN3O. The summed E-state index contributed by atoms with van der Waals surface area (Å²) in [6, 6.07) is 7.37. The zero-order valence-corrected chi connectivity index (χ0v) is 12.2. The molecule has 1 saturated carbocycles. The molecule has 4 nitrogen and oxygen atoms in total. The lowest BCUT2D eigenvalue weighted by Gasteiger charge is -2.34. The molecule has 1 aliphatic carbocycles. The first kappa shape index (κ1) is 14.5. The van der Waals surface area contributed by atoms with Gasteiger partial charge in [0.15, 0.2) is 0 Å². The van der Waals surface area contributed by atoms with Crippen LogP contribution in [0.2, 0.25) is 0 Å². The molecule has 2 aliphatic rings. The molecule has 3 rings (SSSR count). The molecule has 1 aromatic carbocycles. The van der Waals surface area contributed by atoms with E-state index in [1.54, 1.807) is 6.07 Å². The van der Waals surface area contributed by atoms with Crippen LogP contribution >= 0.6 is 0 Å². The molecule has 5 heteroatoms. The van der Waals surface area contributed by atoms with Crippen LogP contribution in [0.25, 0.3) is 0 Å². The highest BCUT2D eigenvalue weighted by atomic mass is 19.1. The SMILES string of the molecule is O=C(CN1CCN(Cc2ccccc2F)CC1)NC1CC1. The maximum absolute atomic E-state index is 13.6. The summed E-state index contributed by atoms with van der Waals surface area (Å²) in [5, 5.41) is 3.02. The number of amides is 1. The minimum Gasteiger partial charge on any atom is -0.352 e. The molecule has 0 unspecified atom stereocenters. The first-order valence-electron chi connectivity index (χ1n) is 7.68. The van der Waals surface area contributed by atoms with E-state index in [0.717, 1.165) is 44.6 Å². The number of nitrogens with one attached hydrogen (secondary N) is 1. The smallest absolute Gasteiger partial charge is 0.234 e. The summed E-state index contributed by atoms with van der Waals surface area (Å²) >= 11 is 0. The summed E-state index contributed by atoms with van der Waals surface area (Å²) < 4.78 is 13.6. The Bertz CT molecular complexity index is 496. The van der Waals surface area contributed by atoms with Crippen molar-refractivity contribution < 1.29 is 9.18 Å². The van der Waals surface area contributed by atoms with E-state index in [4.69, 9.17) is 0 Å². The number of benzene rings is 1. The second-order valence-corrected chi connectivity index (χ2v) is 5.99. The molecule has 2 fully saturated rings. The van der Waals surface area contributed by atoms with Gasteiger partial charge >= 0.3 is 0 Å². The van der Waals surface area contributed by atoms with E-state index in [9.17, 15) is 9.18 Å². The van der Waals surface area contributed by atoms with Crippen LogP contribution < -0.4 is 5.32 Å². The Balaban J connectivity index is 1.42. The molecule has 0 spiro atoms. The first-order valence-corrected chi connectivity index (χ1v) is 7.68. The van der Waals surface area contributed by atoms with Crippen LogP contribution in [-0.2, 0) is 11.3 Å². The van der Waals surface area contributed by atoms with Crippen molar-refractivity contribution in [2.24, 2.45) is 0 Å². The topological polar surface area (TPSA) is 35.6 Å². The number of hydrogen-bond donors (Lipinski definition) is 1. The van der Waals surface area contributed by atoms with Crippen molar-refractivity contribution in [1.29, 1.82) is 0 Å². The van der Waals surface area contributed by atoms with Gasteiger partial charge in [-0.2, -0.15) is 0 Å². The average Bonchev–Trinajstić information content (AvgIpc) is 3.27. The van der Waals surface area contributed by atoms with E-state index in [-0.39, 0.29) is 11.7 Å². The third-order valence-electron chi connectivity index (χ3n) is 4.13. The Morgan fingerprint density at radius 1 is 1.14 bits per heavy atom. The zero-order valence-electron chi connectivity index (χ0n) is 12.2. The molecule has 0 bridgehead atoms. The normalized spacial score (nSPS) is 20.4. The third-order valence-corrected chi connectivity index (χ3v) is 4.13. The maximum atomic E-state index is 13.6. The van der Waals surface area contributed by atoms with E-state index in [0.29, 0.717) is 19.1 Å². The van der Waals surface area contributed by atoms with Crippen LogP contribution in [0.15, 0.2) is 24.3 Å². The quantitative estimate of drug-likeness (QED) is 0.886. The predicted octanol–water partition coefficient (Wildman–Crippen LogP) is 1.22. The van der Waals surface area contributed by atoms with Gasteiger partial charge in [-0.3, -0.25) is 14.6 Å². The van der Waals surface area contributed by atoms with Crippen LogP contribution in [0.3, 0.4) is 0 Å². The van der Waals surface area contributed by atoms with E-state index in [1.165, 1.54) is 6.07 Å². The van der Waals surface area contributed by atoms with Crippen LogP contribution in [0.1, 0.15) is 18.4 Å². The van der Waals surface area contributed by atoms with Gasteiger partial charge in [0.2, 0.25) is 5.91 Å². The summed E-state index contributed by atoms with van der Waals surface area (Å²) in [5.41, 5.74) is 0.748. The van der Waals surface area contributed by atoms with Gasteiger partial charge in [-0.1, -0.05) is 18.2 Å². The van der Waals surface area contributed by atoms with Crippen molar-refractivity contribution in [2.45, 2.75) is 25.4 Å². The number of rotatable bonds is 5. The second-order valence-electron chi connectivity index (χ2n) is 5.99. The van der Waals surface area contributed by atoms with Crippen LogP contribution in [-0.4, -0.2) is 54.5 Å². The Labute approximate surface area is 124 Å². The summed E-state index contributed by atoms with van der Waals surface area (Å²) in [6.07, 6.45) is 2.25. The van der Waals surface area contributed by atoms with E-state index >= 15 is 0 Å². The Kier molecular flexibility index (Phi) is 4.51. The molecule has 1 aliphatic heterocycles. The maximum Gasteiger partial charge on any atom is 0.234 e. The molecule has 0 aromatic heterocycles. The van der Waals surface area contributed by atoms with Gasteiger partial charge in [-0.15, -0.1) is 0 Å². The van der Waals surface area contributed by atoms with Crippen molar-refractivity contribution >= 4 is 5.91 Å². The molecule has 0 atom stereocenters. The molecule has 1 saturated heterocycles. The second kappa shape index (κ2) is 6.54. The molecule has 114 valence electrons. The largest absolute Gasteiger partial charge is 0.352 e.